The topological polar surface area (TPSA) is 17.3 Å². The lowest BCUT2D eigenvalue weighted by Crippen LogP contribution is -1.76. The second-order valence-electron chi connectivity index (χ2n) is 1.77. The smallest absolute Gasteiger partial charge is 0.0992 e. The number of hydrogen-bond donors (Lipinski definition) is 0. The first-order chi connectivity index (χ1) is 4.47. The van der Waals surface area contributed by atoms with Crippen LogP contribution in [0.4, 0.5) is 0 Å². The third kappa shape index (κ3) is 0.598. The zero-order valence-electron chi connectivity index (χ0n) is 4.70. The van der Waals surface area contributed by atoms with E-state index in [0.29, 0.717) is 0 Å². The molecule has 2 aromatic heterocycles. The molecule has 0 N–H and O–H groups in total. The number of imidazole rings is 1. The van der Waals surface area contributed by atoms with Crippen LogP contribution >= 0.6 is 0 Å². The Hall–Kier alpha value is -1.31. The Morgan fingerprint density at radius 3 is 3.44 bits per heavy atom. The van der Waals surface area contributed by atoms with Crippen molar-refractivity contribution < 1.29 is 0 Å². The van der Waals surface area contributed by atoms with Gasteiger partial charge in [-0.25, -0.2) is 4.98 Å². The minimum atomic E-state index is 0.956. The molecule has 0 amide bonds. The molecular weight excluding hydrogens is 112 g/mol. The highest BCUT2D eigenvalue weighted by atomic mass is 15.0. The fourth-order valence-electron chi connectivity index (χ4n) is 0.753. The molecule has 0 unspecified atom stereocenters. The molecule has 42 valence electrons. The van der Waals surface area contributed by atoms with Crippen molar-refractivity contribution in [3.63, 3.8) is 0 Å². The summed E-state index contributed by atoms with van der Waals surface area (Å²) in [6, 6.07) is 7.54. The highest BCUT2D eigenvalue weighted by Gasteiger charge is 1.86. The predicted molar refractivity (Wildman–Crippen MR) is 32.9 cm³/mol. The Morgan fingerprint density at radius 1 is 1.56 bits per heavy atom. The van der Waals surface area contributed by atoms with E-state index in [0.717, 1.165) is 5.52 Å². The Labute approximate surface area is 52.8 Å². The molecule has 0 atom stereocenters. The second-order valence-corrected chi connectivity index (χ2v) is 1.77. The van der Waals surface area contributed by atoms with Gasteiger partial charge in [0.25, 0.3) is 0 Å². The van der Waals surface area contributed by atoms with Crippen LogP contribution in [0.1, 0.15) is 0 Å². The molecule has 0 aromatic carbocycles. The van der Waals surface area contributed by atoms with Crippen LogP contribution in [0, 0.1) is 12.1 Å². The summed E-state index contributed by atoms with van der Waals surface area (Å²) in [6.45, 7) is 0. The summed E-state index contributed by atoms with van der Waals surface area (Å²) >= 11 is 0. The van der Waals surface area contributed by atoms with Gasteiger partial charge in [0, 0.05) is 12.3 Å². The maximum Gasteiger partial charge on any atom is 0.0992 e. The van der Waals surface area contributed by atoms with Gasteiger partial charge >= 0.3 is 0 Å². The molecule has 0 aliphatic carbocycles. The number of hydrogen-bond acceptors (Lipinski definition) is 1. The predicted octanol–water partition coefficient (Wildman–Crippen LogP) is 0.935. The van der Waals surface area contributed by atoms with E-state index in [1.807, 2.05) is 10.6 Å². The molecule has 2 radical (unpaired) electrons. The Bertz CT molecular complexity index is 281. The summed E-state index contributed by atoms with van der Waals surface area (Å²) < 4.78 is 1.89. The lowest BCUT2D eigenvalue weighted by atomic mass is 10.4. The number of fused-ring (bicyclic) bond motifs is 1. The summed E-state index contributed by atoms with van der Waals surface area (Å²) in [4.78, 5) is 3.91. The van der Waals surface area contributed by atoms with E-state index < -0.39 is 0 Å². The molecule has 2 rings (SSSR count). The van der Waals surface area contributed by atoms with Crippen molar-refractivity contribution >= 4 is 5.52 Å². The first kappa shape index (κ1) is 4.56. The van der Waals surface area contributed by atoms with Gasteiger partial charge in [0.15, 0.2) is 0 Å². The summed E-state index contributed by atoms with van der Waals surface area (Å²) in [5, 5.41) is 0. The molecule has 9 heavy (non-hydrogen) atoms. The lowest BCUT2D eigenvalue weighted by molar-refractivity contribution is 1.15. The van der Waals surface area contributed by atoms with Gasteiger partial charge < -0.3 is 4.40 Å². The van der Waals surface area contributed by atoms with E-state index in [9.17, 15) is 0 Å². The van der Waals surface area contributed by atoms with Crippen LogP contribution in [-0.4, -0.2) is 9.38 Å². The van der Waals surface area contributed by atoms with Gasteiger partial charge in [-0.3, -0.25) is 0 Å². The van der Waals surface area contributed by atoms with E-state index in [1.165, 1.54) is 0 Å². The van der Waals surface area contributed by atoms with Gasteiger partial charge in [-0.1, -0.05) is 0 Å². The highest BCUT2D eigenvalue weighted by Crippen LogP contribution is 1.96. The molecule has 0 aliphatic heterocycles. The minimum absolute atomic E-state index is 0.956. The van der Waals surface area contributed by atoms with Gasteiger partial charge in [0.1, 0.15) is 0 Å². The molecule has 0 fully saturated rings. The standard InChI is InChI=1S/C7H4N2/c1-2-4-9-6-8-5-7(9)3-1/h2,4-6H. The van der Waals surface area contributed by atoms with Crippen molar-refractivity contribution in [3.8, 4) is 0 Å². The van der Waals surface area contributed by atoms with E-state index in [4.69, 9.17) is 0 Å². The van der Waals surface area contributed by atoms with E-state index in [2.05, 4.69) is 17.1 Å². The summed E-state index contributed by atoms with van der Waals surface area (Å²) in [7, 11) is 0. The normalized spacial score (nSPS) is 10.2. The van der Waals surface area contributed by atoms with Crippen molar-refractivity contribution in [1.29, 1.82) is 0 Å². The van der Waals surface area contributed by atoms with Crippen LogP contribution in [0.2, 0.25) is 0 Å². The fraction of sp³-hybridized carbons (Fsp3) is 0. The lowest BCUT2D eigenvalue weighted by Gasteiger charge is -1.85. The van der Waals surface area contributed by atoms with Gasteiger partial charge in [-0.2, -0.15) is 0 Å². The molecule has 0 aliphatic rings. The SMILES string of the molecule is [c]1[c]c2cncn2cc1. The van der Waals surface area contributed by atoms with Crippen LogP contribution in [0.5, 0.6) is 0 Å². The second kappa shape index (κ2) is 1.58. The largest absolute Gasteiger partial charge is 0.306 e. The molecule has 2 aromatic rings. The van der Waals surface area contributed by atoms with Gasteiger partial charge in [0.05, 0.1) is 18.0 Å². The molecule has 0 saturated heterocycles. The third-order valence-corrected chi connectivity index (χ3v) is 1.18. The van der Waals surface area contributed by atoms with Gasteiger partial charge in [0.2, 0.25) is 0 Å². The van der Waals surface area contributed by atoms with Crippen molar-refractivity contribution in [2.45, 2.75) is 0 Å². The zero-order chi connectivity index (χ0) is 6.10. The summed E-state index contributed by atoms with van der Waals surface area (Å²) in [5.74, 6) is 0. The molecule has 2 nitrogen and oxygen atoms in total. The molecule has 0 bridgehead atoms. The quantitative estimate of drug-likeness (QED) is 0.500. The van der Waals surface area contributed by atoms with Crippen molar-refractivity contribution in [3.05, 3.63) is 36.9 Å². The number of rotatable bonds is 0. The van der Waals surface area contributed by atoms with Crippen molar-refractivity contribution in [2.75, 3.05) is 0 Å². The monoisotopic (exact) mass is 116 g/mol. The third-order valence-electron chi connectivity index (χ3n) is 1.18. The van der Waals surface area contributed by atoms with Crippen LogP contribution in [0.3, 0.4) is 0 Å². The first-order valence-electron chi connectivity index (χ1n) is 2.67. The van der Waals surface area contributed by atoms with E-state index >= 15 is 0 Å². The maximum atomic E-state index is 3.91. The van der Waals surface area contributed by atoms with Crippen LogP contribution in [-0.2, 0) is 0 Å². The van der Waals surface area contributed by atoms with Gasteiger partial charge in [-0.15, -0.1) is 0 Å². The fourth-order valence-corrected chi connectivity index (χ4v) is 0.753. The number of aromatic nitrogens is 2. The average Bonchev–Trinajstić information content (AvgIpc) is 2.33. The van der Waals surface area contributed by atoms with Crippen molar-refractivity contribution in [1.82, 2.24) is 9.38 Å². The van der Waals surface area contributed by atoms with Crippen LogP contribution in [0.15, 0.2) is 24.8 Å². The Kier molecular flexibility index (Phi) is 0.803. The van der Waals surface area contributed by atoms with Gasteiger partial charge in [-0.05, 0) is 12.1 Å². The molecule has 2 heterocycles. The Balaban J connectivity index is 2.95. The Morgan fingerprint density at radius 2 is 2.56 bits per heavy atom. The van der Waals surface area contributed by atoms with E-state index in [1.54, 1.807) is 18.6 Å². The summed E-state index contributed by atoms with van der Waals surface area (Å²) in [6.07, 6.45) is 5.37. The van der Waals surface area contributed by atoms with Crippen LogP contribution < -0.4 is 0 Å². The highest BCUT2D eigenvalue weighted by molar-refractivity contribution is 5.41. The molecule has 2 heteroatoms. The molecular formula is C7H4N2. The van der Waals surface area contributed by atoms with Crippen molar-refractivity contribution in [2.24, 2.45) is 0 Å². The minimum Gasteiger partial charge on any atom is -0.306 e. The first-order valence-corrected chi connectivity index (χ1v) is 2.67. The van der Waals surface area contributed by atoms with Crippen LogP contribution in [0.25, 0.3) is 5.52 Å². The zero-order valence-corrected chi connectivity index (χ0v) is 4.70. The molecule has 0 saturated carbocycles. The van der Waals surface area contributed by atoms with E-state index in [-0.39, 0.29) is 0 Å². The number of nitrogens with zero attached hydrogens (tertiary/aromatic N) is 2. The molecule has 0 spiro atoms. The average molecular weight is 116 g/mol. The number of pyridine rings is 1. The maximum absolute atomic E-state index is 3.91. The summed E-state index contributed by atoms with van der Waals surface area (Å²) in [5.41, 5.74) is 0.956.